The van der Waals surface area contributed by atoms with Crippen molar-refractivity contribution in [2.75, 3.05) is 0 Å². The molecule has 1 aliphatic carbocycles. The van der Waals surface area contributed by atoms with Crippen LogP contribution in [0.5, 0.6) is 5.75 Å². The van der Waals surface area contributed by atoms with Gasteiger partial charge in [0.25, 0.3) is 0 Å². The topological polar surface area (TPSA) is 26.3 Å². The summed E-state index contributed by atoms with van der Waals surface area (Å²) in [5.74, 6) is -2.00. The molecule has 1 saturated carbocycles. The minimum absolute atomic E-state index is 0.0781. The third-order valence-corrected chi connectivity index (χ3v) is 3.08. The molecule has 1 fully saturated rings. The molecule has 0 aliphatic heterocycles. The molecule has 0 heterocycles. The van der Waals surface area contributed by atoms with Crippen LogP contribution in [0.3, 0.4) is 0 Å². The maximum atomic E-state index is 13.3. The molecule has 1 aliphatic rings. The summed E-state index contributed by atoms with van der Waals surface area (Å²) in [6, 6.07) is 3.76. The predicted molar refractivity (Wildman–Crippen MR) is 54.2 cm³/mol. The molecule has 0 aromatic heterocycles. The van der Waals surface area contributed by atoms with E-state index in [4.69, 9.17) is 4.74 Å². The summed E-state index contributed by atoms with van der Waals surface area (Å²) in [6.07, 6.45) is -0.125. The summed E-state index contributed by atoms with van der Waals surface area (Å²) in [5.41, 5.74) is -0.612. The highest BCUT2D eigenvalue weighted by atomic mass is 19.2. The van der Waals surface area contributed by atoms with Crippen LogP contribution < -0.4 is 4.74 Å². The lowest BCUT2D eigenvalue weighted by Gasteiger charge is -2.41. The molecule has 1 atom stereocenters. The Bertz CT molecular complexity index is 441. The van der Waals surface area contributed by atoms with Gasteiger partial charge in [-0.2, -0.15) is 4.39 Å². The predicted octanol–water partition coefficient (Wildman–Crippen LogP) is 2.71. The molecule has 0 bridgehead atoms. The van der Waals surface area contributed by atoms with Gasteiger partial charge < -0.3 is 4.74 Å². The van der Waals surface area contributed by atoms with E-state index in [1.165, 1.54) is 12.1 Å². The van der Waals surface area contributed by atoms with Gasteiger partial charge in [0.05, 0.1) is 5.41 Å². The van der Waals surface area contributed by atoms with Gasteiger partial charge in [-0.05, 0) is 26.0 Å². The number of benzene rings is 1. The van der Waals surface area contributed by atoms with E-state index in [-0.39, 0.29) is 24.1 Å². The summed E-state index contributed by atoms with van der Waals surface area (Å²) in [5, 5.41) is 0. The second-order valence-electron chi connectivity index (χ2n) is 4.51. The molecule has 4 heteroatoms. The van der Waals surface area contributed by atoms with Crippen LogP contribution in [-0.2, 0) is 4.79 Å². The molecule has 2 rings (SSSR count). The van der Waals surface area contributed by atoms with Crippen LogP contribution in [0, 0.1) is 17.0 Å². The summed E-state index contributed by atoms with van der Waals surface area (Å²) < 4.78 is 31.5. The smallest absolute Gasteiger partial charge is 0.200 e. The fourth-order valence-electron chi connectivity index (χ4n) is 1.65. The lowest BCUT2D eigenvalue weighted by atomic mass is 9.68. The number of rotatable bonds is 2. The van der Waals surface area contributed by atoms with Crippen molar-refractivity contribution in [1.82, 2.24) is 0 Å². The third kappa shape index (κ3) is 1.58. The zero-order valence-corrected chi connectivity index (χ0v) is 9.09. The minimum atomic E-state index is -1.00. The Kier molecular flexibility index (Phi) is 2.45. The number of ether oxygens (including phenoxy) is 1. The van der Waals surface area contributed by atoms with Gasteiger partial charge in [0.2, 0.25) is 5.82 Å². The van der Waals surface area contributed by atoms with E-state index < -0.39 is 17.0 Å². The van der Waals surface area contributed by atoms with Crippen molar-refractivity contribution in [2.24, 2.45) is 5.41 Å². The second-order valence-corrected chi connectivity index (χ2v) is 4.51. The average molecular weight is 226 g/mol. The zero-order chi connectivity index (χ0) is 11.9. The van der Waals surface area contributed by atoms with E-state index in [0.29, 0.717) is 0 Å². The average Bonchev–Trinajstić information content (AvgIpc) is 2.24. The molecule has 1 aromatic rings. The fourth-order valence-corrected chi connectivity index (χ4v) is 1.65. The highest BCUT2D eigenvalue weighted by Crippen LogP contribution is 2.39. The highest BCUT2D eigenvalue weighted by Gasteiger charge is 2.49. The lowest BCUT2D eigenvalue weighted by Crippen LogP contribution is -2.53. The van der Waals surface area contributed by atoms with Crippen LogP contribution in [0.1, 0.15) is 20.3 Å². The Morgan fingerprint density at radius 3 is 2.62 bits per heavy atom. The van der Waals surface area contributed by atoms with Crippen LogP contribution in [0.4, 0.5) is 8.78 Å². The van der Waals surface area contributed by atoms with Crippen LogP contribution >= 0.6 is 0 Å². The number of Topliss-reactive ketones (excluding diaryl/α,β-unsaturated/α-hetero) is 1. The van der Waals surface area contributed by atoms with E-state index in [1.54, 1.807) is 13.8 Å². The summed E-state index contributed by atoms with van der Waals surface area (Å²) in [4.78, 5) is 11.3. The molecule has 0 amide bonds. The van der Waals surface area contributed by atoms with Crippen LogP contribution in [0.25, 0.3) is 0 Å². The van der Waals surface area contributed by atoms with Crippen LogP contribution in [0.2, 0.25) is 0 Å². The van der Waals surface area contributed by atoms with Gasteiger partial charge in [-0.25, -0.2) is 4.39 Å². The van der Waals surface area contributed by atoms with Crippen molar-refractivity contribution in [1.29, 1.82) is 0 Å². The van der Waals surface area contributed by atoms with Crippen LogP contribution in [-0.4, -0.2) is 11.9 Å². The largest absolute Gasteiger partial charge is 0.486 e. The molecular formula is C12H12F2O2. The first-order chi connectivity index (χ1) is 7.43. The Labute approximate surface area is 92.2 Å². The van der Waals surface area contributed by atoms with Crippen molar-refractivity contribution in [3.63, 3.8) is 0 Å². The maximum absolute atomic E-state index is 13.3. The molecule has 0 radical (unpaired) electrons. The van der Waals surface area contributed by atoms with Crippen molar-refractivity contribution >= 4 is 5.78 Å². The number of hydrogen-bond donors (Lipinski definition) is 0. The van der Waals surface area contributed by atoms with E-state index in [2.05, 4.69) is 0 Å². The van der Waals surface area contributed by atoms with Gasteiger partial charge in [0, 0.05) is 6.42 Å². The van der Waals surface area contributed by atoms with Crippen molar-refractivity contribution < 1.29 is 18.3 Å². The number of hydrogen-bond acceptors (Lipinski definition) is 2. The van der Waals surface area contributed by atoms with Crippen molar-refractivity contribution in [2.45, 2.75) is 26.4 Å². The van der Waals surface area contributed by atoms with Gasteiger partial charge in [0.1, 0.15) is 11.9 Å². The van der Waals surface area contributed by atoms with Gasteiger partial charge in [-0.1, -0.05) is 6.07 Å². The summed E-state index contributed by atoms with van der Waals surface area (Å²) in [7, 11) is 0. The number of carbonyl (C=O) groups excluding carboxylic acids is 1. The van der Waals surface area contributed by atoms with Crippen LogP contribution in [0.15, 0.2) is 18.2 Å². The first-order valence-electron chi connectivity index (χ1n) is 5.07. The Morgan fingerprint density at radius 1 is 1.38 bits per heavy atom. The Morgan fingerprint density at radius 2 is 2.06 bits per heavy atom. The van der Waals surface area contributed by atoms with Gasteiger partial charge >= 0.3 is 0 Å². The van der Waals surface area contributed by atoms with Gasteiger partial charge in [0.15, 0.2) is 11.6 Å². The molecule has 1 unspecified atom stereocenters. The highest BCUT2D eigenvalue weighted by molar-refractivity contribution is 5.91. The molecule has 2 nitrogen and oxygen atoms in total. The summed E-state index contributed by atoms with van der Waals surface area (Å²) in [6.45, 7) is 3.47. The minimum Gasteiger partial charge on any atom is -0.486 e. The standard InChI is InChI=1S/C12H12F2O2/c1-12(2)9(15)6-10(12)16-8-5-3-4-7(13)11(8)14/h3-5,10H,6H2,1-2H3. The lowest BCUT2D eigenvalue weighted by molar-refractivity contribution is -0.148. The molecule has 1 aromatic carbocycles. The number of halogens is 2. The third-order valence-electron chi connectivity index (χ3n) is 3.08. The van der Waals surface area contributed by atoms with E-state index in [9.17, 15) is 13.6 Å². The molecule has 86 valence electrons. The van der Waals surface area contributed by atoms with Crippen molar-refractivity contribution in [3.8, 4) is 5.75 Å². The first-order valence-corrected chi connectivity index (χ1v) is 5.07. The van der Waals surface area contributed by atoms with Gasteiger partial charge in [-0.3, -0.25) is 4.79 Å². The summed E-state index contributed by atoms with van der Waals surface area (Å²) >= 11 is 0. The SMILES string of the molecule is CC1(C)C(=O)CC1Oc1cccc(F)c1F. The fraction of sp³-hybridized carbons (Fsp3) is 0.417. The Hall–Kier alpha value is -1.45. The molecule has 0 spiro atoms. The molecule has 0 N–H and O–H groups in total. The van der Waals surface area contributed by atoms with E-state index >= 15 is 0 Å². The number of carbonyl (C=O) groups is 1. The molecular weight excluding hydrogens is 214 g/mol. The maximum Gasteiger partial charge on any atom is 0.200 e. The first kappa shape index (κ1) is 11.0. The normalized spacial score (nSPS) is 22.8. The van der Waals surface area contributed by atoms with E-state index in [0.717, 1.165) is 6.07 Å². The Balaban J connectivity index is 2.17. The monoisotopic (exact) mass is 226 g/mol. The molecule has 0 saturated heterocycles. The van der Waals surface area contributed by atoms with Gasteiger partial charge in [-0.15, -0.1) is 0 Å². The molecule has 16 heavy (non-hydrogen) atoms. The zero-order valence-electron chi connectivity index (χ0n) is 9.09. The quantitative estimate of drug-likeness (QED) is 0.775. The second kappa shape index (κ2) is 3.54. The van der Waals surface area contributed by atoms with Crippen molar-refractivity contribution in [3.05, 3.63) is 29.8 Å². The number of ketones is 1. The van der Waals surface area contributed by atoms with E-state index in [1.807, 2.05) is 0 Å².